The minimum atomic E-state index is -0.260. The van der Waals surface area contributed by atoms with Gasteiger partial charge in [-0.3, -0.25) is 4.79 Å². The molecule has 0 bridgehead atoms. The van der Waals surface area contributed by atoms with Crippen molar-refractivity contribution in [3.63, 3.8) is 0 Å². The predicted octanol–water partition coefficient (Wildman–Crippen LogP) is 5.67. The summed E-state index contributed by atoms with van der Waals surface area (Å²) in [5.74, 6) is 0.250. The van der Waals surface area contributed by atoms with E-state index in [9.17, 15) is 4.79 Å². The molecule has 1 aromatic heterocycles. The molecule has 1 heterocycles. The SMILES string of the molecule is CC(NC(=O)CSc1nnc(-c2ccccc2Cl)o1)c1ccc(Cl)cc1Cl. The second-order valence-corrected chi connectivity index (χ2v) is 7.77. The first-order valence-electron chi connectivity index (χ1n) is 7.89. The van der Waals surface area contributed by atoms with Crippen molar-refractivity contribution in [3.8, 4) is 11.5 Å². The average Bonchev–Trinajstić information content (AvgIpc) is 3.09. The number of halogens is 3. The third-order valence-corrected chi connectivity index (χ3v) is 5.35. The molecule has 2 aromatic carbocycles. The maximum absolute atomic E-state index is 12.2. The van der Waals surface area contributed by atoms with Gasteiger partial charge in [-0.25, -0.2) is 0 Å². The van der Waals surface area contributed by atoms with Crippen LogP contribution in [0.2, 0.25) is 15.1 Å². The number of aromatic nitrogens is 2. The van der Waals surface area contributed by atoms with E-state index in [0.29, 0.717) is 26.5 Å². The molecule has 1 amide bonds. The molecule has 9 heteroatoms. The van der Waals surface area contributed by atoms with Gasteiger partial charge in [0.05, 0.1) is 22.4 Å². The van der Waals surface area contributed by atoms with Crippen LogP contribution in [0.25, 0.3) is 11.5 Å². The van der Waals surface area contributed by atoms with Crippen molar-refractivity contribution in [2.24, 2.45) is 0 Å². The highest BCUT2D eigenvalue weighted by Gasteiger charge is 2.16. The number of rotatable bonds is 6. The molecule has 0 aliphatic rings. The van der Waals surface area contributed by atoms with E-state index in [1.54, 1.807) is 30.3 Å². The number of nitrogens with one attached hydrogen (secondary N) is 1. The molecule has 1 atom stereocenters. The van der Waals surface area contributed by atoms with E-state index in [0.717, 1.165) is 17.3 Å². The van der Waals surface area contributed by atoms with Crippen LogP contribution in [0.5, 0.6) is 0 Å². The maximum atomic E-state index is 12.2. The molecule has 3 aromatic rings. The number of hydrogen-bond donors (Lipinski definition) is 1. The Morgan fingerprint density at radius 1 is 1.15 bits per heavy atom. The van der Waals surface area contributed by atoms with Gasteiger partial charge < -0.3 is 9.73 Å². The van der Waals surface area contributed by atoms with Gasteiger partial charge in [0.15, 0.2) is 0 Å². The van der Waals surface area contributed by atoms with Crippen molar-refractivity contribution in [1.29, 1.82) is 0 Å². The number of nitrogens with zero attached hydrogens (tertiary/aromatic N) is 2. The Morgan fingerprint density at radius 2 is 1.93 bits per heavy atom. The molecule has 0 saturated carbocycles. The highest BCUT2D eigenvalue weighted by Crippen LogP contribution is 2.29. The van der Waals surface area contributed by atoms with Crippen molar-refractivity contribution < 1.29 is 9.21 Å². The second kappa shape index (κ2) is 8.97. The standard InChI is InChI=1S/C18H14Cl3N3O2S/c1-10(12-7-6-11(19)8-15(12)21)22-16(25)9-27-18-24-23-17(26-18)13-4-2-3-5-14(13)20/h2-8,10H,9H2,1H3,(H,22,25). The molecule has 3 rings (SSSR count). The van der Waals surface area contributed by atoms with Crippen LogP contribution in [0.4, 0.5) is 0 Å². The first kappa shape index (κ1) is 20.0. The van der Waals surface area contributed by atoms with Gasteiger partial charge >= 0.3 is 0 Å². The van der Waals surface area contributed by atoms with Crippen LogP contribution in [0.1, 0.15) is 18.5 Å². The topological polar surface area (TPSA) is 68.0 Å². The number of thioether (sulfide) groups is 1. The third-order valence-electron chi connectivity index (χ3n) is 3.64. The zero-order chi connectivity index (χ0) is 19.4. The lowest BCUT2D eigenvalue weighted by molar-refractivity contribution is -0.119. The van der Waals surface area contributed by atoms with Crippen LogP contribution in [-0.4, -0.2) is 21.9 Å². The monoisotopic (exact) mass is 441 g/mol. The summed E-state index contributed by atoms with van der Waals surface area (Å²) in [4.78, 5) is 12.2. The van der Waals surface area contributed by atoms with Crippen molar-refractivity contribution in [2.75, 3.05) is 5.75 Å². The van der Waals surface area contributed by atoms with Crippen LogP contribution in [0.15, 0.2) is 52.1 Å². The fourth-order valence-corrected chi connectivity index (χ4v) is 3.72. The molecule has 0 aliphatic heterocycles. The van der Waals surface area contributed by atoms with Crippen molar-refractivity contribution in [1.82, 2.24) is 15.5 Å². The number of carbonyl (C=O) groups is 1. The van der Waals surface area contributed by atoms with Crippen LogP contribution >= 0.6 is 46.6 Å². The number of carbonyl (C=O) groups excluding carboxylic acids is 1. The first-order valence-corrected chi connectivity index (χ1v) is 10.0. The predicted molar refractivity (Wildman–Crippen MR) is 108 cm³/mol. The average molecular weight is 443 g/mol. The number of hydrogen-bond acceptors (Lipinski definition) is 5. The van der Waals surface area contributed by atoms with E-state index in [2.05, 4.69) is 15.5 Å². The van der Waals surface area contributed by atoms with Crippen molar-refractivity contribution in [2.45, 2.75) is 18.2 Å². The Morgan fingerprint density at radius 3 is 2.67 bits per heavy atom. The Kier molecular flexibility index (Phi) is 6.65. The van der Waals surface area contributed by atoms with Crippen LogP contribution in [-0.2, 0) is 4.79 Å². The van der Waals surface area contributed by atoms with Gasteiger partial charge in [-0.1, -0.05) is 64.8 Å². The van der Waals surface area contributed by atoms with E-state index in [1.165, 1.54) is 0 Å². The first-order chi connectivity index (χ1) is 12.9. The van der Waals surface area contributed by atoms with Gasteiger partial charge in [-0.05, 0) is 36.8 Å². The van der Waals surface area contributed by atoms with E-state index in [1.807, 2.05) is 19.1 Å². The summed E-state index contributed by atoms with van der Waals surface area (Å²) >= 11 is 19.3. The van der Waals surface area contributed by atoms with Gasteiger partial charge in [0, 0.05) is 10.0 Å². The fraction of sp³-hybridized carbons (Fsp3) is 0.167. The summed E-state index contributed by atoms with van der Waals surface area (Å²) in [6.45, 7) is 1.85. The summed E-state index contributed by atoms with van der Waals surface area (Å²) in [5.41, 5.74) is 1.44. The van der Waals surface area contributed by atoms with E-state index in [4.69, 9.17) is 39.2 Å². The van der Waals surface area contributed by atoms with E-state index in [-0.39, 0.29) is 22.9 Å². The largest absolute Gasteiger partial charge is 0.411 e. The van der Waals surface area contributed by atoms with Crippen LogP contribution in [0, 0.1) is 0 Å². The Balaban J connectivity index is 1.57. The Hall–Kier alpha value is -1.73. The number of benzene rings is 2. The van der Waals surface area contributed by atoms with Crippen LogP contribution in [0.3, 0.4) is 0 Å². The highest BCUT2D eigenvalue weighted by atomic mass is 35.5. The zero-order valence-corrected chi connectivity index (χ0v) is 17.2. The molecular formula is C18H14Cl3N3O2S. The number of amides is 1. The molecule has 5 nitrogen and oxygen atoms in total. The molecule has 1 N–H and O–H groups in total. The van der Waals surface area contributed by atoms with Crippen molar-refractivity contribution >= 4 is 52.5 Å². The lowest BCUT2D eigenvalue weighted by Gasteiger charge is -2.15. The molecule has 0 saturated heterocycles. The van der Waals surface area contributed by atoms with Gasteiger partial charge in [0.2, 0.25) is 11.8 Å². The normalized spacial score (nSPS) is 12.0. The summed E-state index contributed by atoms with van der Waals surface area (Å²) in [6.07, 6.45) is 0. The lowest BCUT2D eigenvalue weighted by Crippen LogP contribution is -2.28. The molecule has 1 unspecified atom stereocenters. The quantitative estimate of drug-likeness (QED) is 0.498. The molecular weight excluding hydrogens is 429 g/mol. The summed E-state index contributed by atoms with van der Waals surface area (Å²) in [6, 6.07) is 12.1. The molecule has 0 radical (unpaired) electrons. The maximum Gasteiger partial charge on any atom is 0.277 e. The summed E-state index contributed by atoms with van der Waals surface area (Å²) in [7, 11) is 0. The van der Waals surface area contributed by atoms with Gasteiger partial charge in [0.1, 0.15) is 0 Å². The highest BCUT2D eigenvalue weighted by molar-refractivity contribution is 7.99. The van der Waals surface area contributed by atoms with Gasteiger partial charge in [-0.15, -0.1) is 10.2 Å². The Labute approximate surface area is 175 Å². The Bertz CT molecular complexity index is 965. The smallest absolute Gasteiger partial charge is 0.277 e. The van der Waals surface area contributed by atoms with Crippen LogP contribution < -0.4 is 5.32 Å². The molecule has 0 aliphatic carbocycles. The summed E-state index contributed by atoms with van der Waals surface area (Å²) < 4.78 is 5.56. The molecule has 140 valence electrons. The van der Waals surface area contributed by atoms with Crippen molar-refractivity contribution in [3.05, 3.63) is 63.1 Å². The fourth-order valence-electron chi connectivity index (χ4n) is 2.35. The second-order valence-electron chi connectivity index (χ2n) is 5.60. The third kappa shape index (κ3) is 5.17. The van der Waals surface area contributed by atoms with Gasteiger partial charge in [0.25, 0.3) is 5.22 Å². The lowest BCUT2D eigenvalue weighted by atomic mass is 10.1. The summed E-state index contributed by atoms with van der Waals surface area (Å²) in [5, 5.41) is 12.6. The molecule has 27 heavy (non-hydrogen) atoms. The van der Waals surface area contributed by atoms with E-state index >= 15 is 0 Å². The zero-order valence-electron chi connectivity index (χ0n) is 14.1. The van der Waals surface area contributed by atoms with Gasteiger partial charge in [-0.2, -0.15) is 0 Å². The minimum Gasteiger partial charge on any atom is -0.411 e. The molecule has 0 fully saturated rings. The molecule has 0 spiro atoms. The minimum absolute atomic E-state index is 0.125. The van der Waals surface area contributed by atoms with E-state index < -0.39 is 0 Å².